The van der Waals surface area contributed by atoms with Crippen LogP contribution in [0, 0.1) is 0 Å². The van der Waals surface area contributed by atoms with Crippen LogP contribution in [0.2, 0.25) is 0 Å². The Bertz CT molecular complexity index is 480. The maximum atomic E-state index is 11.5. The lowest BCUT2D eigenvalue weighted by Crippen LogP contribution is -2.19. The largest absolute Gasteiger partial charge is 0.367 e. The van der Waals surface area contributed by atoms with Crippen LogP contribution in [0.3, 0.4) is 0 Å². The van der Waals surface area contributed by atoms with E-state index in [0.29, 0.717) is 5.82 Å². The molecule has 0 aliphatic rings. The summed E-state index contributed by atoms with van der Waals surface area (Å²) in [5.41, 5.74) is 5.31. The number of carbonyl (C=O) groups excluding carboxylic acids is 1. The van der Waals surface area contributed by atoms with Gasteiger partial charge in [-0.05, 0) is 12.1 Å². The third kappa shape index (κ3) is 2.50. The monoisotopic (exact) mass is 219 g/mol. The molecule has 8 nitrogen and oxygen atoms in total. The second-order valence-electron chi connectivity index (χ2n) is 2.96. The minimum atomic E-state index is -0.273. The Kier molecular flexibility index (Phi) is 2.72. The summed E-state index contributed by atoms with van der Waals surface area (Å²) in [6.07, 6.45) is 2.90. The highest BCUT2D eigenvalue weighted by atomic mass is 16.2. The second-order valence-corrected chi connectivity index (χ2v) is 2.96. The van der Waals surface area contributed by atoms with E-state index in [1.807, 2.05) is 0 Å². The zero-order chi connectivity index (χ0) is 11.4. The van der Waals surface area contributed by atoms with E-state index < -0.39 is 0 Å². The molecular weight excluding hydrogens is 210 g/mol. The summed E-state index contributed by atoms with van der Waals surface area (Å²) in [7, 11) is 0. The van der Waals surface area contributed by atoms with Crippen LogP contribution in [0.5, 0.6) is 0 Å². The van der Waals surface area contributed by atoms with Crippen LogP contribution in [0.25, 0.3) is 0 Å². The van der Waals surface area contributed by atoms with Crippen LogP contribution >= 0.6 is 0 Å². The van der Waals surface area contributed by atoms with Gasteiger partial charge in [0.25, 0.3) is 0 Å². The number of nitrogen functional groups attached to an aromatic ring is 1. The molecule has 0 saturated heterocycles. The van der Waals surface area contributed by atoms with Crippen LogP contribution < -0.4 is 11.1 Å². The minimum Gasteiger partial charge on any atom is -0.367 e. The number of hydrogen-bond donors (Lipinski definition) is 2. The molecular formula is C8H9N7O. The van der Waals surface area contributed by atoms with Crippen molar-refractivity contribution in [3.05, 3.63) is 24.7 Å². The van der Waals surface area contributed by atoms with Crippen LogP contribution in [-0.2, 0) is 11.3 Å². The maximum absolute atomic E-state index is 11.5. The van der Waals surface area contributed by atoms with Gasteiger partial charge >= 0.3 is 0 Å². The molecule has 2 aromatic rings. The van der Waals surface area contributed by atoms with E-state index >= 15 is 0 Å². The van der Waals surface area contributed by atoms with Crippen LogP contribution in [0.1, 0.15) is 0 Å². The summed E-state index contributed by atoms with van der Waals surface area (Å²) >= 11 is 0. The standard InChI is InChI=1S/C8H9N7O/c9-8-10-5-15(14-8)4-7(16)12-6-2-1-3-11-13-6/h1-3,5H,4H2,(H2,9,14)(H,12,13,16). The molecule has 0 spiro atoms. The second kappa shape index (κ2) is 4.34. The summed E-state index contributed by atoms with van der Waals surface area (Å²) in [6, 6.07) is 3.32. The number of rotatable bonds is 3. The number of nitrogens with one attached hydrogen (secondary N) is 1. The van der Waals surface area contributed by atoms with Gasteiger partial charge in [0.05, 0.1) is 0 Å². The molecule has 0 saturated carbocycles. The molecule has 2 heterocycles. The summed E-state index contributed by atoms with van der Waals surface area (Å²) in [4.78, 5) is 15.2. The van der Waals surface area contributed by atoms with Crippen molar-refractivity contribution in [2.75, 3.05) is 11.1 Å². The molecule has 0 fully saturated rings. The normalized spacial score (nSPS) is 10.0. The SMILES string of the molecule is Nc1ncn(CC(=O)Nc2cccnn2)n1. The Morgan fingerprint density at radius 1 is 1.56 bits per heavy atom. The fourth-order valence-corrected chi connectivity index (χ4v) is 1.08. The molecule has 0 radical (unpaired) electrons. The third-order valence-corrected chi connectivity index (χ3v) is 1.70. The van der Waals surface area contributed by atoms with Crippen molar-refractivity contribution < 1.29 is 4.79 Å². The first kappa shape index (κ1) is 10.0. The smallest absolute Gasteiger partial charge is 0.247 e. The number of nitrogens with two attached hydrogens (primary N) is 1. The third-order valence-electron chi connectivity index (χ3n) is 1.70. The van der Waals surface area contributed by atoms with Crippen LogP contribution in [-0.4, -0.2) is 30.9 Å². The van der Waals surface area contributed by atoms with Crippen molar-refractivity contribution >= 4 is 17.7 Å². The van der Waals surface area contributed by atoms with E-state index in [4.69, 9.17) is 5.73 Å². The van der Waals surface area contributed by atoms with E-state index in [2.05, 4.69) is 25.6 Å². The van der Waals surface area contributed by atoms with Gasteiger partial charge in [-0.2, -0.15) is 5.10 Å². The Morgan fingerprint density at radius 2 is 2.44 bits per heavy atom. The Hall–Kier alpha value is -2.51. The first-order valence-corrected chi connectivity index (χ1v) is 4.46. The Morgan fingerprint density at radius 3 is 3.06 bits per heavy atom. The van der Waals surface area contributed by atoms with Crippen molar-refractivity contribution in [3.8, 4) is 0 Å². The molecule has 82 valence electrons. The van der Waals surface area contributed by atoms with Gasteiger partial charge in [0, 0.05) is 6.20 Å². The van der Waals surface area contributed by atoms with Crippen molar-refractivity contribution in [1.29, 1.82) is 0 Å². The van der Waals surface area contributed by atoms with Gasteiger partial charge in [-0.3, -0.25) is 4.79 Å². The zero-order valence-electron chi connectivity index (χ0n) is 8.24. The fourth-order valence-electron chi connectivity index (χ4n) is 1.08. The topological polar surface area (TPSA) is 112 Å². The lowest BCUT2D eigenvalue weighted by Gasteiger charge is -2.02. The van der Waals surface area contributed by atoms with Crippen molar-refractivity contribution in [2.24, 2.45) is 0 Å². The number of carbonyl (C=O) groups is 1. The molecule has 3 N–H and O–H groups in total. The number of amides is 1. The Labute approximate surface area is 90.5 Å². The van der Waals surface area contributed by atoms with Gasteiger partial charge in [0.15, 0.2) is 5.82 Å². The predicted molar refractivity (Wildman–Crippen MR) is 55.1 cm³/mol. The molecule has 0 aliphatic heterocycles. The summed E-state index contributed by atoms with van der Waals surface area (Å²) in [5.74, 6) is 0.248. The van der Waals surface area contributed by atoms with E-state index in [9.17, 15) is 4.79 Å². The average Bonchev–Trinajstić information content (AvgIpc) is 2.65. The van der Waals surface area contributed by atoms with Crippen molar-refractivity contribution in [1.82, 2.24) is 25.0 Å². The lowest BCUT2D eigenvalue weighted by molar-refractivity contribution is -0.116. The van der Waals surface area contributed by atoms with Gasteiger partial charge in [-0.1, -0.05) is 0 Å². The molecule has 2 rings (SSSR count). The van der Waals surface area contributed by atoms with Gasteiger partial charge in [0.2, 0.25) is 11.9 Å². The summed E-state index contributed by atoms with van der Waals surface area (Å²) in [6.45, 7) is 0.0285. The lowest BCUT2D eigenvalue weighted by atomic mass is 10.5. The molecule has 0 aromatic carbocycles. The molecule has 16 heavy (non-hydrogen) atoms. The average molecular weight is 219 g/mol. The molecule has 1 amide bonds. The first-order chi connectivity index (χ1) is 7.74. The summed E-state index contributed by atoms with van der Waals surface area (Å²) < 4.78 is 1.33. The highest BCUT2D eigenvalue weighted by molar-refractivity contribution is 5.89. The molecule has 8 heteroatoms. The van der Waals surface area contributed by atoms with Crippen LogP contribution in [0.4, 0.5) is 11.8 Å². The number of aromatic nitrogens is 5. The predicted octanol–water partition coefficient (Wildman–Crippen LogP) is -0.711. The summed E-state index contributed by atoms with van der Waals surface area (Å²) in [5, 5.41) is 13.7. The Balaban J connectivity index is 1.95. The van der Waals surface area contributed by atoms with E-state index in [-0.39, 0.29) is 18.4 Å². The highest BCUT2D eigenvalue weighted by Gasteiger charge is 2.05. The molecule has 0 unspecified atom stereocenters. The molecule has 2 aromatic heterocycles. The van der Waals surface area contributed by atoms with E-state index in [0.717, 1.165) is 0 Å². The first-order valence-electron chi connectivity index (χ1n) is 4.46. The van der Waals surface area contributed by atoms with Crippen molar-refractivity contribution in [3.63, 3.8) is 0 Å². The molecule has 0 atom stereocenters. The number of hydrogen-bond acceptors (Lipinski definition) is 6. The number of nitrogens with zero attached hydrogens (tertiary/aromatic N) is 5. The zero-order valence-corrected chi connectivity index (χ0v) is 8.24. The quantitative estimate of drug-likeness (QED) is 0.705. The number of anilines is 2. The van der Waals surface area contributed by atoms with E-state index in [1.165, 1.54) is 17.2 Å². The van der Waals surface area contributed by atoms with Crippen LogP contribution in [0.15, 0.2) is 24.7 Å². The highest BCUT2D eigenvalue weighted by Crippen LogP contribution is 1.98. The van der Waals surface area contributed by atoms with Gasteiger partial charge in [-0.25, -0.2) is 9.67 Å². The van der Waals surface area contributed by atoms with Gasteiger partial charge in [0.1, 0.15) is 12.9 Å². The minimum absolute atomic E-state index is 0.0285. The van der Waals surface area contributed by atoms with Gasteiger partial charge in [-0.15, -0.1) is 10.2 Å². The van der Waals surface area contributed by atoms with Crippen molar-refractivity contribution in [2.45, 2.75) is 6.54 Å². The van der Waals surface area contributed by atoms with Gasteiger partial charge < -0.3 is 11.1 Å². The maximum Gasteiger partial charge on any atom is 0.247 e. The molecule has 0 bridgehead atoms. The fraction of sp³-hybridized carbons (Fsp3) is 0.125. The van der Waals surface area contributed by atoms with E-state index in [1.54, 1.807) is 12.1 Å². The molecule has 0 aliphatic carbocycles.